The van der Waals surface area contributed by atoms with E-state index in [4.69, 9.17) is 0 Å². The lowest BCUT2D eigenvalue weighted by molar-refractivity contribution is -0.120. The van der Waals surface area contributed by atoms with Crippen LogP contribution in [0.2, 0.25) is 0 Å². The number of hydrogen-bond donors (Lipinski definition) is 1. The molecule has 0 aromatic carbocycles. The minimum Gasteiger partial charge on any atom is -0.323 e. The Hall–Kier alpha value is -1.41. The number of sulfonamides is 1. The van der Waals surface area contributed by atoms with Gasteiger partial charge >= 0.3 is 0 Å². The van der Waals surface area contributed by atoms with Crippen molar-refractivity contribution >= 4 is 21.6 Å². The molecule has 2 rings (SSSR count). The molecule has 1 aliphatic heterocycles. The van der Waals surface area contributed by atoms with Gasteiger partial charge in [-0.25, -0.2) is 12.7 Å². The van der Waals surface area contributed by atoms with Gasteiger partial charge in [0.2, 0.25) is 15.9 Å². The third kappa shape index (κ3) is 3.18. The van der Waals surface area contributed by atoms with Crippen molar-refractivity contribution in [2.24, 2.45) is 13.0 Å². The number of hydrogen-bond acceptors (Lipinski definition) is 4. The lowest BCUT2D eigenvalue weighted by atomic mass is 9.99. The van der Waals surface area contributed by atoms with Crippen molar-refractivity contribution < 1.29 is 13.2 Å². The largest absolute Gasteiger partial charge is 0.323 e. The Bertz CT molecular complexity index is 608. The highest BCUT2D eigenvalue weighted by atomic mass is 32.2. The van der Waals surface area contributed by atoms with Crippen molar-refractivity contribution in [3.8, 4) is 0 Å². The van der Waals surface area contributed by atoms with E-state index in [-0.39, 0.29) is 18.4 Å². The molecule has 1 fully saturated rings. The smallest absolute Gasteiger partial charge is 0.228 e. The van der Waals surface area contributed by atoms with Gasteiger partial charge in [-0.05, 0) is 19.8 Å². The first kappa shape index (κ1) is 15.0. The van der Waals surface area contributed by atoms with E-state index in [2.05, 4.69) is 10.4 Å². The summed E-state index contributed by atoms with van der Waals surface area (Å²) in [5.74, 6) is -0.451. The molecule has 0 saturated carbocycles. The SMILES string of the molecule is Cc1c(NC(=O)[C@H]2CCCN(S(C)(=O)=O)C2)cnn1C. The molecule has 0 radical (unpaired) electrons. The molecule has 1 aromatic rings. The number of amides is 1. The third-order valence-corrected chi connectivity index (χ3v) is 4.99. The van der Waals surface area contributed by atoms with Crippen LogP contribution in [0.1, 0.15) is 18.5 Å². The van der Waals surface area contributed by atoms with Crippen LogP contribution in [0.25, 0.3) is 0 Å². The molecule has 1 amide bonds. The van der Waals surface area contributed by atoms with Crippen molar-refractivity contribution in [3.63, 3.8) is 0 Å². The predicted molar refractivity (Wildman–Crippen MR) is 75.7 cm³/mol. The topological polar surface area (TPSA) is 84.3 Å². The second-order valence-corrected chi connectivity index (χ2v) is 7.20. The van der Waals surface area contributed by atoms with E-state index in [9.17, 15) is 13.2 Å². The third-order valence-electron chi connectivity index (χ3n) is 3.72. The molecule has 1 N–H and O–H groups in total. The standard InChI is InChI=1S/C12H20N4O3S/c1-9-11(7-13-15(9)2)14-12(17)10-5-4-6-16(8-10)20(3,18)19/h7,10H,4-6,8H2,1-3H3,(H,14,17)/t10-/m0/s1. The summed E-state index contributed by atoms with van der Waals surface area (Å²) in [5, 5.41) is 6.89. The van der Waals surface area contributed by atoms with Gasteiger partial charge < -0.3 is 5.32 Å². The van der Waals surface area contributed by atoms with Gasteiger partial charge in [-0.15, -0.1) is 0 Å². The Morgan fingerprint density at radius 2 is 2.20 bits per heavy atom. The van der Waals surface area contributed by atoms with Crippen LogP contribution < -0.4 is 5.32 Å². The zero-order chi connectivity index (χ0) is 14.9. The molecule has 1 aromatic heterocycles. The highest BCUT2D eigenvalue weighted by Crippen LogP contribution is 2.21. The average molecular weight is 300 g/mol. The number of nitrogens with one attached hydrogen (secondary N) is 1. The average Bonchev–Trinajstić information content (AvgIpc) is 2.70. The summed E-state index contributed by atoms with van der Waals surface area (Å²) >= 11 is 0. The molecule has 0 unspecified atom stereocenters. The molecule has 0 aliphatic carbocycles. The van der Waals surface area contributed by atoms with E-state index in [0.717, 1.165) is 5.69 Å². The zero-order valence-corrected chi connectivity index (χ0v) is 12.8. The highest BCUT2D eigenvalue weighted by Gasteiger charge is 2.30. The number of anilines is 1. The lowest BCUT2D eigenvalue weighted by Crippen LogP contribution is -2.43. The molecular weight excluding hydrogens is 280 g/mol. The van der Waals surface area contributed by atoms with E-state index in [1.54, 1.807) is 17.9 Å². The Kier molecular flexibility index (Phi) is 4.14. The Morgan fingerprint density at radius 3 is 2.75 bits per heavy atom. The van der Waals surface area contributed by atoms with Gasteiger partial charge in [0.15, 0.2) is 0 Å². The molecule has 0 bridgehead atoms. The fourth-order valence-corrected chi connectivity index (χ4v) is 3.23. The summed E-state index contributed by atoms with van der Waals surface area (Å²) in [6, 6.07) is 0. The summed E-state index contributed by atoms with van der Waals surface area (Å²) in [5.41, 5.74) is 1.54. The van der Waals surface area contributed by atoms with Crippen molar-refractivity contribution in [1.29, 1.82) is 0 Å². The molecule has 8 heteroatoms. The van der Waals surface area contributed by atoms with Crippen molar-refractivity contribution in [1.82, 2.24) is 14.1 Å². The molecule has 2 heterocycles. The van der Waals surface area contributed by atoms with Gasteiger partial charge in [-0.2, -0.15) is 5.10 Å². The fraction of sp³-hybridized carbons (Fsp3) is 0.667. The van der Waals surface area contributed by atoms with Crippen molar-refractivity contribution in [2.75, 3.05) is 24.7 Å². The van der Waals surface area contributed by atoms with E-state index in [0.29, 0.717) is 25.1 Å². The minimum atomic E-state index is -3.23. The van der Waals surface area contributed by atoms with Crippen LogP contribution in [0.5, 0.6) is 0 Å². The molecule has 1 atom stereocenters. The van der Waals surface area contributed by atoms with Gasteiger partial charge in [-0.3, -0.25) is 9.48 Å². The maximum atomic E-state index is 12.2. The molecule has 7 nitrogen and oxygen atoms in total. The zero-order valence-electron chi connectivity index (χ0n) is 12.0. The van der Waals surface area contributed by atoms with E-state index >= 15 is 0 Å². The predicted octanol–water partition coefficient (Wildman–Crippen LogP) is 0.339. The van der Waals surface area contributed by atoms with Crippen LogP contribution in [0.15, 0.2) is 6.20 Å². The molecule has 20 heavy (non-hydrogen) atoms. The number of aryl methyl sites for hydroxylation is 1. The van der Waals surface area contributed by atoms with Crippen LogP contribution in [0, 0.1) is 12.8 Å². The van der Waals surface area contributed by atoms with Gasteiger partial charge in [0.05, 0.1) is 29.8 Å². The van der Waals surface area contributed by atoms with Crippen LogP contribution in [-0.2, 0) is 21.9 Å². The summed E-state index contributed by atoms with van der Waals surface area (Å²) in [6.07, 6.45) is 4.19. The first-order chi connectivity index (χ1) is 9.29. The summed E-state index contributed by atoms with van der Waals surface area (Å²) in [6.45, 7) is 2.62. The van der Waals surface area contributed by atoms with Crippen LogP contribution in [-0.4, -0.2) is 47.8 Å². The van der Waals surface area contributed by atoms with E-state index < -0.39 is 10.0 Å². The highest BCUT2D eigenvalue weighted by molar-refractivity contribution is 7.88. The summed E-state index contributed by atoms with van der Waals surface area (Å²) in [4.78, 5) is 12.2. The number of piperidine rings is 1. The number of carbonyl (C=O) groups is 1. The van der Waals surface area contributed by atoms with Gasteiger partial charge in [-0.1, -0.05) is 0 Å². The maximum Gasteiger partial charge on any atom is 0.228 e. The quantitative estimate of drug-likeness (QED) is 0.872. The summed E-state index contributed by atoms with van der Waals surface area (Å²) < 4.78 is 26.2. The normalized spacial score (nSPS) is 20.9. The Labute approximate surface area is 119 Å². The fourth-order valence-electron chi connectivity index (χ4n) is 2.31. The maximum absolute atomic E-state index is 12.2. The van der Waals surface area contributed by atoms with Crippen molar-refractivity contribution in [3.05, 3.63) is 11.9 Å². The first-order valence-electron chi connectivity index (χ1n) is 6.53. The Balaban J connectivity index is 2.04. The van der Waals surface area contributed by atoms with Gasteiger partial charge in [0, 0.05) is 20.1 Å². The van der Waals surface area contributed by atoms with E-state index in [1.807, 2.05) is 6.92 Å². The van der Waals surface area contributed by atoms with Gasteiger partial charge in [0.1, 0.15) is 0 Å². The van der Waals surface area contributed by atoms with Crippen LogP contribution in [0.4, 0.5) is 5.69 Å². The molecule has 0 spiro atoms. The van der Waals surface area contributed by atoms with Gasteiger partial charge in [0.25, 0.3) is 0 Å². The first-order valence-corrected chi connectivity index (χ1v) is 8.38. The summed E-state index contributed by atoms with van der Waals surface area (Å²) in [7, 11) is -1.43. The molecule has 1 saturated heterocycles. The van der Waals surface area contributed by atoms with E-state index in [1.165, 1.54) is 10.6 Å². The lowest BCUT2D eigenvalue weighted by Gasteiger charge is -2.30. The molecule has 112 valence electrons. The number of carbonyl (C=O) groups excluding carboxylic acids is 1. The van der Waals surface area contributed by atoms with Crippen molar-refractivity contribution in [2.45, 2.75) is 19.8 Å². The monoisotopic (exact) mass is 300 g/mol. The minimum absolute atomic E-state index is 0.144. The molecule has 1 aliphatic rings. The van der Waals surface area contributed by atoms with Crippen LogP contribution >= 0.6 is 0 Å². The molecular formula is C12H20N4O3S. The number of aromatic nitrogens is 2. The number of rotatable bonds is 3. The number of nitrogens with zero attached hydrogens (tertiary/aromatic N) is 3. The van der Waals surface area contributed by atoms with Crippen LogP contribution in [0.3, 0.4) is 0 Å². The Morgan fingerprint density at radius 1 is 1.50 bits per heavy atom. The second-order valence-electron chi connectivity index (χ2n) is 5.22. The second kappa shape index (κ2) is 5.53.